The molecule has 0 spiro atoms. The Bertz CT molecular complexity index is 922. The lowest BCUT2D eigenvalue weighted by atomic mass is 9.84. The summed E-state index contributed by atoms with van der Waals surface area (Å²) < 4.78 is 14.0. The number of hydrazine groups is 1. The van der Waals surface area contributed by atoms with Crippen LogP contribution in [0.25, 0.3) is 6.08 Å². The van der Waals surface area contributed by atoms with Crippen molar-refractivity contribution in [1.29, 1.82) is 0 Å². The molecule has 4 N–H and O–H groups in total. The van der Waals surface area contributed by atoms with Gasteiger partial charge in [0.15, 0.2) is 0 Å². The van der Waals surface area contributed by atoms with Crippen LogP contribution >= 0.6 is 23.2 Å². The number of hydrogen-bond donors (Lipinski definition) is 3. The number of primary amides is 1. The van der Waals surface area contributed by atoms with Crippen LogP contribution in [0.1, 0.15) is 50.5 Å². The molecule has 34 heavy (non-hydrogen) atoms. The van der Waals surface area contributed by atoms with E-state index in [2.05, 4.69) is 10.7 Å². The first kappa shape index (κ1) is 27.6. The second-order valence-corrected chi connectivity index (χ2v) is 8.88. The van der Waals surface area contributed by atoms with E-state index in [1.165, 1.54) is 18.2 Å². The molecule has 1 aliphatic carbocycles. The maximum absolute atomic E-state index is 14.0. The summed E-state index contributed by atoms with van der Waals surface area (Å²) in [5, 5.41) is 3.81. The summed E-state index contributed by atoms with van der Waals surface area (Å²) in [6, 6.07) is 3.11. The monoisotopic (exact) mass is 514 g/mol. The minimum absolute atomic E-state index is 0.146. The van der Waals surface area contributed by atoms with Crippen molar-refractivity contribution in [1.82, 2.24) is 15.8 Å². The lowest BCUT2D eigenvalue weighted by Gasteiger charge is -2.29. The van der Waals surface area contributed by atoms with Crippen LogP contribution in [0.3, 0.4) is 0 Å². The number of amides is 4. The number of halogens is 3. The molecule has 0 radical (unpaired) electrons. The molecule has 186 valence electrons. The van der Waals surface area contributed by atoms with Crippen LogP contribution < -0.4 is 16.5 Å². The maximum atomic E-state index is 14.0. The predicted octanol–water partition coefficient (Wildman–Crippen LogP) is 2.92. The zero-order valence-electron chi connectivity index (χ0n) is 18.7. The van der Waals surface area contributed by atoms with Gasteiger partial charge in [-0.1, -0.05) is 49.8 Å². The second-order valence-electron chi connectivity index (χ2n) is 8.17. The van der Waals surface area contributed by atoms with Crippen molar-refractivity contribution in [3.63, 3.8) is 0 Å². The van der Waals surface area contributed by atoms with Crippen LogP contribution in [0, 0.1) is 11.7 Å². The first-order valence-electron chi connectivity index (χ1n) is 11.1. The number of nitrogens with zero attached hydrogens (tertiary/aromatic N) is 1. The van der Waals surface area contributed by atoms with Gasteiger partial charge in [-0.15, -0.1) is 11.6 Å². The summed E-state index contributed by atoms with van der Waals surface area (Å²) in [7, 11) is 0. The molecule has 0 bridgehead atoms. The topological polar surface area (TPSA) is 122 Å². The molecule has 1 saturated carbocycles. The first-order chi connectivity index (χ1) is 16.2. The second kappa shape index (κ2) is 13.9. The van der Waals surface area contributed by atoms with Gasteiger partial charge in [0.2, 0.25) is 11.8 Å². The van der Waals surface area contributed by atoms with Gasteiger partial charge in [-0.05, 0) is 30.5 Å². The zero-order chi connectivity index (χ0) is 25.1. The molecular formula is C23H29Cl2FN4O4. The van der Waals surface area contributed by atoms with E-state index in [-0.39, 0.29) is 29.5 Å². The number of benzene rings is 1. The lowest BCUT2D eigenvalue weighted by molar-refractivity contribution is -0.141. The SMILES string of the molecule is NC(=O)CCN(NC(=O)C(CC1CCCCC1)NC(=O)/C=C/c1ccc(Cl)cc1F)C(=O)CCl. The van der Waals surface area contributed by atoms with Gasteiger partial charge in [0.1, 0.15) is 17.7 Å². The average Bonchev–Trinajstić information content (AvgIpc) is 2.80. The summed E-state index contributed by atoms with van der Waals surface area (Å²) in [4.78, 5) is 48.8. The van der Waals surface area contributed by atoms with Crippen molar-refractivity contribution in [2.75, 3.05) is 12.4 Å². The highest BCUT2D eigenvalue weighted by molar-refractivity contribution is 6.30. The van der Waals surface area contributed by atoms with Crippen molar-refractivity contribution < 1.29 is 23.6 Å². The average molecular weight is 515 g/mol. The number of hydrogen-bond acceptors (Lipinski definition) is 4. The number of nitrogens with two attached hydrogens (primary N) is 1. The number of alkyl halides is 1. The van der Waals surface area contributed by atoms with Crippen LogP contribution in [0.15, 0.2) is 24.3 Å². The van der Waals surface area contributed by atoms with Gasteiger partial charge < -0.3 is 11.1 Å². The molecule has 1 fully saturated rings. The third kappa shape index (κ3) is 9.30. The van der Waals surface area contributed by atoms with Crippen molar-refractivity contribution in [3.05, 3.63) is 40.7 Å². The van der Waals surface area contributed by atoms with E-state index in [4.69, 9.17) is 28.9 Å². The minimum atomic E-state index is -0.950. The maximum Gasteiger partial charge on any atom is 0.261 e. The minimum Gasteiger partial charge on any atom is -0.370 e. The van der Waals surface area contributed by atoms with Crippen molar-refractivity contribution in [3.8, 4) is 0 Å². The quantitative estimate of drug-likeness (QED) is 0.252. The lowest BCUT2D eigenvalue weighted by Crippen LogP contribution is -2.55. The summed E-state index contributed by atoms with van der Waals surface area (Å²) >= 11 is 11.4. The fraction of sp³-hybridized carbons (Fsp3) is 0.478. The van der Waals surface area contributed by atoms with Gasteiger partial charge in [0, 0.05) is 23.1 Å². The molecule has 2 rings (SSSR count). The van der Waals surface area contributed by atoms with Gasteiger partial charge in [0.05, 0.1) is 6.54 Å². The van der Waals surface area contributed by atoms with Crippen molar-refractivity contribution in [2.24, 2.45) is 11.7 Å². The van der Waals surface area contributed by atoms with E-state index >= 15 is 0 Å². The van der Waals surface area contributed by atoms with E-state index in [0.717, 1.165) is 49.3 Å². The number of rotatable bonds is 10. The van der Waals surface area contributed by atoms with Gasteiger partial charge in [0.25, 0.3) is 11.8 Å². The Balaban J connectivity index is 2.12. The summed E-state index contributed by atoms with van der Waals surface area (Å²) in [5.41, 5.74) is 7.75. The Morgan fingerprint density at radius 3 is 2.53 bits per heavy atom. The summed E-state index contributed by atoms with van der Waals surface area (Å²) in [5.74, 6) is -3.24. The third-order valence-electron chi connectivity index (χ3n) is 5.55. The normalized spacial score (nSPS) is 15.0. The molecule has 11 heteroatoms. The number of carbonyl (C=O) groups excluding carboxylic acids is 4. The van der Waals surface area contributed by atoms with E-state index in [1.54, 1.807) is 0 Å². The molecule has 1 aromatic rings. The fourth-order valence-corrected chi connectivity index (χ4v) is 4.06. The Labute approximate surface area is 208 Å². The van der Waals surface area contributed by atoms with Crippen molar-refractivity contribution in [2.45, 2.75) is 51.0 Å². The predicted molar refractivity (Wildman–Crippen MR) is 128 cm³/mol. The van der Waals surface area contributed by atoms with E-state index < -0.39 is 41.4 Å². The molecule has 1 aliphatic rings. The number of carbonyl (C=O) groups is 4. The smallest absolute Gasteiger partial charge is 0.261 e. The van der Waals surface area contributed by atoms with Crippen LogP contribution in [-0.4, -0.2) is 47.1 Å². The van der Waals surface area contributed by atoms with Crippen LogP contribution in [0.4, 0.5) is 4.39 Å². The highest BCUT2D eigenvalue weighted by Gasteiger charge is 2.28. The third-order valence-corrected chi connectivity index (χ3v) is 6.01. The molecular weight excluding hydrogens is 486 g/mol. The Morgan fingerprint density at radius 1 is 1.21 bits per heavy atom. The van der Waals surface area contributed by atoms with Crippen molar-refractivity contribution >= 4 is 52.9 Å². The molecule has 4 amide bonds. The standard InChI is InChI=1S/C23H29Cl2FN4O4/c24-14-22(33)30(11-10-20(27)31)29-23(34)19(12-15-4-2-1-3-5-15)28-21(32)9-7-16-6-8-17(25)13-18(16)26/h6-9,13,15,19H,1-5,10-12,14H2,(H2,27,31)(H,28,32)(H,29,34)/b9-7+. The van der Waals surface area contributed by atoms with E-state index in [0.29, 0.717) is 6.42 Å². The molecule has 1 aromatic carbocycles. The Morgan fingerprint density at radius 2 is 1.91 bits per heavy atom. The molecule has 1 unspecified atom stereocenters. The molecule has 0 saturated heterocycles. The van der Waals surface area contributed by atoms with Gasteiger partial charge in [-0.3, -0.25) is 29.6 Å². The molecule has 8 nitrogen and oxygen atoms in total. The Kier molecular flexibility index (Phi) is 11.3. The highest BCUT2D eigenvalue weighted by Crippen LogP contribution is 2.27. The first-order valence-corrected chi connectivity index (χ1v) is 12.0. The van der Waals surface area contributed by atoms with Crippen LogP contribution in [-0.2, 0) is 19.2 Å². The van der Waals surface area contributed by atoms with Crippen LogP contribution in [0.5, 0.6) is 0 Å². The Hall–Kier alpha value is -2.65. The molecule has 1 atom stereocenters. The number of nitrogens with one attached hydrogen (secondary N) is 2. The van der Waals surface area contributed by atoms with E-state index in [1.807, 2.05) is 0 Å². The largest absolute Gasteiger partial charge is 0.370 e. The highest BCUT2D eigenvalue weighted by atomic mass is 35.5. The van der Waals surface area contributed by atoms with Gasteiger partial charge in [-0.2, -0.15) is 0 Å². The van der Waals surface area contributed by atoms with E-state index in [9.17, 15) is 23.6 Å². The van der Waals surface area contributed by atoms with Crippen LogP contribution in [0.2, 0.25) is 5.02 Å². The summed E-state index contributed by atoms with van der Waals surface area (Å²) in [6.07, 6.45) is 7.68. The molecule has 0 aromatic heterocycles. The molecule has 0 heterocycles. The molecule has 0 aliphatic heterocycles. The summed E-state index contributed by atoms with van der Waals surface area (Å²) in [6.45, 7) is -0.146. The van der Waals surface area contributed by atoms with Gasteiger partial charge in [-0.25, -0.2) is 4.39 Å². The van der Waals surface area contributed by atoms with Gasteiger partial charge >= 0.3 is 0 Å². The fourth-order valence-electron chi connectivity index (χ4n) is 3.76. The zero-order valence-corrected chi connectivity index (χ0v) is 20.2.